The van der Waals surface area contributed by atoms with Crippen molar-refractivity contribution in [1.82, 2.24) is 14.8 Å². The lowest BCUT2D eigenvalue weighted by Crippen LogP contribution is -2.49. The van der Waals surface area contributed by atoms with Crippen LogP contribution in [0.3, 0.4) is 0 Å². The highest BCUT2D eigenvalue weighted by Gasteiger charge is 2.30. The third-order valence-corrected chi connectivity index (χ3v) is 6.66. The van der Waals surface area contributed by atoms with Crippen molar-refractivity contribution in [3.8, 4) is 5.69 Å². The van der Waals surface area contributed by atoms with E-state index in [0.717, 1.165) is 43.7 Å². The Kier molecular flexibility index (Phi) is 7.60. The standard InChI is InChI=1S/C26H35N3O2/c1-2-18-31-24-9-7-15-28(20-24)19-22-8-3-4-10-25(22)27-26(30)21-11-13-23(14-12-21)29-16-5-6-17-29/h2,5-6,11-14,16-17,22,24-25H,1,3-4,7-10,15,18-20H2,(H,27,30)/t22-,24+,25?/m0/s1. The van der Waals surface area contributed by atoms with Gasteiger partial charge in [0.05, 0.1) is 12.7 Å². The summed E-state index contributed by atoms with van der Waals surface area (Å²) in [4.78, 5) is 15.5. The summed E-state index contributed by atoms with van der Waals surface area (Å²) in [7, 11) is 0. The minimum absolute atomic E-state index is 0.0433. The van der Waals surface area contributed by atoms with Crippen LogP contribution in [0.2, 0.25) is 0 Å². The maximum absolute atomic E-state index is 13.0. The van der Waals surface area contributed by atoms with E-state index in [1.807, 2.05) is 59.4 Å². The number of benzene rings is 1. The van der Waals surface area contributed by atoms with Gasteiger partial charge in [0.15, 0.2) is 0 Å². The molecule has 1 aliphatic carbocycles. The van der Waals surface area contributed by atoms with E-state index >= 15 is 0 Å². The van der Waals surface area contributed by atoms with Crippen molar-refractivity contribution in [2.45, 2.75) is 50.7 Å². The summed E-state index contributed by atoms with van der Waals surface area (Å²) in [6, 6.07) is 12.1. The summed E-state index contributed by atoms with van der Waals surface area (Å²) in [6.07, 6.45) is 13.2. The molecule has 3 atom stereocenters. The predicted octanol–water partition coefficient (Wildman–Crippen LogP) is 4.43. The number of carbonyl (C=O) groups excluding carboxylic acids is 1. The number of aromatic nitrogens is 1. The second kappa shape index (κ2) is 10.8. The molecular weight excluding hydrogens is 386 g/mol. The number of likely N-dealkylation sites (tertiary alicyclic amines) is 1. The van der Waals surface area contributed by atoms with Gasteiger partial charge in [-0.2, -0.15) is 0 Å². The van der Waals surface area contributed by atoms with Gasteiger partial charge in [0, 0.05) is 42.8 Å². The third kappa shape index (κ3) is 5.86. The molecule has 1 amide bonds. The van der Waals surface area contributed by atoms with Crippen molar-refractivity contribution in [2.75, 3.05) is 26.2 Å². The van der Waals surface area contributed by atoms with Crippen molar-refractivity contribution in [1.29, 1.82) is 0 Å². The zero-order valence-electron chi connectivity index (χ0n) is 18.4. The Morgan fingerprint density at radius 3 is 2.65 bits per heavy atom. The second-order valence-corrected chi connectivity index (χ2v) is 8.91. The van der Waals surface area contributed by atoms with Gasteiger partial charge >= 0.3 is 0 Å². The molecule has 0 spiro atoms. The first-order chi connectivity index (χ1) is 15.2. The quantitative estimate of drug-likeness (QED) is 0.642. The number of nitrogens with one attached hydrogen (secondary N) is 1. The number of rotatable bonds is 8. The van der Waals surface area contributed by atoms with Crippen molar-refractivity contribution in [3.63, 3.8) is 0 Å². The van der Waals surface area contributed by atoms with Gasteiger partial charge in [-0.3, -0.25) is 4.79 Å². The zero-order valence-corrected chi connectivity index (χ0v) is 18.4. The van der Waals surface area contributed by atoms with Gasteiger partial charge in [-0.25, -0.2) is 0 Å². The molecule has 1 aromatic heterocycles. The van der Waals surface area contributed by atoms with Crippen LogP contribution in [0.1, 0.15) is 48.9 Å². The van der Waals surface area contributed by atoms with Crippen LogP contribution in [0.5, 0.6) is 0 Å². The Morgan fingerprint density at radius 1 is 1.10 bits per heavy atom. The van der Waals surface area contributed by atoms with Crippen LogP contribution in [0, 0.1) is 5.92 Å². The molecule has 2 fully saturated rings. The Hall–Kier alpha value is -2.37. The molecule has 1 saturated heterocycles. The van der Waals surface area contributed by atoms with Gasteiger partial charge in [0.1, 0.15) is 0 Å². The molecule has 0 bridgehead atoms. The molecule has 31 heavy (non-hydrogen) atoms. The van der Waals surface area contributed by atoms with E-state index in [1.54, 1.807) is 0 Å². The highest BCUT2D eigenvalue weighted by molar-refractivity contribution is 5.94. The molecular formula is C26H35N3O2. The zero-order chi connectivity index (χ0) is 21.5. The normalized spacial score (nSPS) is 24.6. The molecule has 166 valence electrons. The maximum Gasteiger partial charge on any atom is 0.251 e. The Labute approximate surface area is 186 Å². The van der Waals surface area contributed by atoms with Gasteiger partial charge in [0.2, 0.25) is 0 Å². The summed E-state index contributed by atoms with van der Waals surface area (Å²) in [5, 5.41) is 3.36. The minimum atomic E-state index is 0.0433. The molecule has 1 aliphatic heterocycles. The molecule has 2 aromatic rings. The SMILES string of the molecule is C=CCO[C@@H]1CCCN(C[C@@H]2CCCCC2NC(=O)c2ccc(-n3cccc3)cc2)C1. The van der Waals surface area contributed by atoms with E-state index in [-0.39, 0.29) is 11.9 Å². The number of carbonyl (C=O) groups is 1. The lowest BCUT2D eigenvalue weighted by atomic mass is 9.83. The van der Waals surface area contributed by atoms with Crippen LogP contribution in [-0.4, -0.2) is 53.8 Å². The molecule has 1 N–H and O–H groups in total. The average molecular weight is 422 g/mol. The predicted molar refractivity (Wildman–Crippen MR) is 125 cm³/mol. The van der Waals surface area contributed by atoms with E-state index in [1.165, 1.54) is 25.7 Å². The highest BCUT2D eigenvalue weighted by Crippen LogP contribution is 2.27. The number of amides is 1. The fourth-order valence-electron chi connectivity index (χ4n) is 5.01. The van der Waals surface area contributed by atoms with Gasteiger partial charge in [-0.1, -0.05) is 18.9 Å². The lowest BCUT2D eigenvalue weighted by Gasteiger charge is -2.39. The van der Waals surface area contributed by atoms with E-state index < -0.39 is 0 Å². The molecule has 5 nitrogen and oxygen atoms in total. The third-order valence-electron chi connectivity index (χ3n) is 6.66. The van der Waals surface area contributed by atoms with Crippen LogP contribution >= 0.6 is 0 Å². The van der Waals surface area contributed by atoms with Gasteiger partial charge in [-0.05, 0) is 74.5 Å². The fraction of sp³-hybridized carbons (Fsp3) is 0.500. The summed E-state index contributed by atoms with van der Waals surface area (Å²) in [5.41, 5.74) is 1.80. The number of nitrogens with zero attached hydrogens (tertiary/aromatic N) is 2. The van der Waals surface area contributed by atoms with Crippen LogP contribution < -0.4 is 5.32 Å². The molecule has 2 heterocycles. The molecule has 5 heteroatoms. The molecule has 4 rings (SSSR count). The monoisotopic (exact) mass is 421 g/mol. The fourth-order valence-corrected chi connectivity index (χ4v) is 5.01. The number of hydrogen-bond acceptors (Lipinski definition) is 3. The van der Waals surface area contributed by atoms with Crippen molar-refractivity contribution in [2.24, 2.45) is 5.92 Å². The summed E-state index contributed by atoms with van der Waals surface area (Å²) >= 11 is 0. The van der Waals surface area contributed by atoms with Crippen LogP contribution in [-0.2, 0) is 4.74 Å². The van der Waals surface area contributed by atoms with Crippen LogP contribution in [0.25, 0.3) is 5.69 Å². The summed E-state index contributed by atoms with van der Waals surface area (Å²) < 4.78 is 7.95. The Bertz CT molecular complexity index is 831. The van der Waals surface area contributed by atoms with E-state index in [0.29, 0.717) is 18.6 Å². The number of piperidine rings is 1. The molecule has 1 unspecified atom stereocenters. The van der Waals surface area contributed by atoms with E-state index in [2.05, 4.69) is 16.8 Å². The van der Waals surface area contributed by atoms with Crippen molar-refractivity contribution < 1.29 is 9.53 Å². The molecule has 1 saturated carbocycles. The van der Waals surface area contributed by atoms with Crippen LogP contribution in [0.15, 0.2) is 61.4 Å². The largest absolute Gasteiger partial charge is 0.373 e. The lowest BCUT2D eigenvalue weighted by molar-refractivity contribution is 0.00515. The minimum Gasteiger partial charge on any atom is -0.373 e. The summed E-state index contributed by atoms with van der Waals surface area (Å²) in [5.74, 6) is 0.553. The van der Waals surface area contributed by atoms with Crippen molar-refractivity contribution in [3.05, 3.63) is 67.0 Å². The molecule has 1 aromatic carbocycles. The van der Waals surface area contributed by atoms with E-state index in [9.17, 15) is 4.79 Å². The Morgan fingerprint density at radius 2 is 1.87 bits per heavy atom. The first kappa shape index (κ1) is 21.8. The van der Waals surface area contributed by atoms with Gasteiger partial charge in [-0.15, -0.1) is 6.58 Å². The molecule has 0 radical (unpaired) electrons. The topological polar surface area (TPSA) is 46.5 Å². The second-order valence-electron chi connectivity index (χ2n) is 8.91. The average Bonchev–Trinajstić information content (AvgIpc) is 3.34. The van der Waals surface area contributed by atoms with Crippen LogP contribution in [0.4, 0.5) is 0 Å². The Balaban J connectivity index is 1.34. The first-order valence-corrected chi connectivity index (χ1v) is 11.7. The molecule has 2 aliphatic rings. The number of hydrogen-bond donors (Lipinski definition) is 1. The van der Waals surface area contributed by atoms with Gasteiger partial charge < -0.3 is 19.5 Å². The smallest absolute Gasteiger partial charge is 0.251 e. The highest BCUT2D eigenvalue weighted by atomic mass is 16.5. The maximum atomic E-state index is 13.0. The van der Waals surface area contributed by atoms with Crippen molar-refractivity contribution >= 4 is 5.91 Å². The van der Waals surface area contributed by atoms with Gasteiger partial charge in [0.25, 0.3) is 5.91 Å². The first-order valence-electron chi connectivity index (χ1n) is 11.7. The number of ether oxygens (including phenoxy) is 1. The summed E-state index contributed by atoms with van der Waals surface area (Å²) in [6.45, 7) is 7.56. The van der Waals surface area contributed by atoms with E-state index in [4.69, 9.17) is 4.74 Å².